The van der Waals surface area contributed by atoms with Crippen molar-refractivity contribution in [3.05, 3.63) is 35.9 Å². The molecule has 1 aromatic rings. The van der Waals surface area contributed by atoms with E-state index < -0.39 is 0 Å². The minimum absolute atomic E-state index is 0. The number of piperidine rings is 2. The minimum Gasteiger partial charge on any atom is -0.343 e. The second-order valence-corrected chi connectivity index (χ2v) is 7.33. The lowest BCUT2D eigenvalue weighted by Gasteiger charge is -2.34. The van der Waals surface area contributed by atoms with Gasteiger partial charge < -0.3 is 10.2 Å². The number of nitrogens with zero attached hydrogens (tertiary/aromatic N) is 1. The summed E-state index contributed by atoms with van der Waals surface area (Å²) in [6.07, 6.45) is 5.41. The number of carbonyl (C=O) groups is 1. The average Bonchev–Trinajstić information content (AvgIpc) is 2.63. The van der Waals surface area contributed by atoms with Crippen molar-refractivity contribution in [2.75, 3.05) is 26.2 Å². The Labute approximate surface area is 152 Å². The summed E-state index contributed by atoms with van der Waals surface area (Å²) < 4.78 is 0. The van der Waals surface area contributed by atoms with Gasteiger partial charge in [0, 0.05) is 19.5 Å². The molecule has 1 atom stereocenters. The molecule has 3 nitrogen and oxygen atoms in total. The fourth-order valence-electron chi connectivity index (χ4n) is 4.17. The van der Waals surface area contributed by atoms with E-state index in [1.165, 1.54) is 18.4 Å². The van der Waals surface area contributed by atoms with Gasteiger partial charge in [-0.1, -0.05) is 37.3 Å². The SMILES string of the molecule is CC(CC(=O)N1CCC(c2ccccc2)CC1)C1CCNCC1.Cl. The van der Waals surface area contributed by atoms with Crippen LogP contribution >= 0.6 is 12.4 Å². The predicted octanol–water partition coefficient (Wildman–Crippen LogP) is 3.84. The molecule has 0 saturated carbocycles. The average molecular weight is 351 g/mol. The maximum atomic E-state index is 12.6. The predicted molar refractivity (Wildman–Crippen MR) is 102 cm³/mol. The van der Waals surface area contributed by atoms with E-state index in [9.17, 15) is 4.79 Å². The zero-order chi connectivity index (χ0) is 16.1. The van der Waals surface area contributed by atoms with E-state index in [1.54, 1.807) is 0 Å². The maximum Gasteiger partial charge on any atom is 0.222 e. The van der Waals surface area contributed by atoms with Gasteiger partial charge in [0.15, 0.2) is 0 Å². The van der Waals surface area contributed by atoms with Gasteiger partial charge in [0.2, 0.25) is 5.91 Å². The maximum absolute atomic E-state index is 12.6. The van der Waals surface area contributed by atoms with Crippen LogP contribution in [0.5, 0.6) is 0 Å². The van der Waals surface area contributed by atoms with E-state index in [4.69, 9.17) is 0 Å². The van der Waals surface area contributed by atoms with E-state index in [0.29, 0.717) is 17.7 Å². The second-order valence-electron chi connectivity index (χ2n) is 7.33. The first-order valence-electron chi connectivity index (χ1n) is 9.27. The second kappa shape index (κ2) is 9.43. The first-order chi connectivity index (χ1) is 11.2. The lowest BCUT2D eigenvalue weighted by Crippen LogP contribution is -2.39. The molecule has 134 valence electrons. The van der Waals surface area contributed by atoms with Gasteiger partial charge in [-0.2, -0.15) is 0 Å². The van der Waals surface area contributed by atoms with Crippen LogP contribution in [0.15, 0.2) is 30.3 Å². The molecule has 1 N–H and O–H groups in total. The van der Waals surface area contributed by atoms with Crippen LogP contribution in [0.1, 0.15) is 50.5 Å². The largest absolute Gasteiger partial charge is 0.343 e. The third kappa shape index (κ3) is 4.97. The molecule has 2 aliphatic rings. The Balaban J connectivity index is 0.00000208. The normalized spacial score (nSPS) is 21.1. The third-order valence-corrected chi connectivity index (χ3v) is 5.80. The first-order valence-corrected chi connectivity index (χ1v) is 9.27. The zero-order valence-electron chi connectivity index (χ0n) is 14.7. The van der Waals surface area contributed by atoms with Crippen molar-refractivity contribution in [1.29, 1.82) is 0 Å². The van der Waals surface area contributed by atoms with Crippen LogP contribution in [0.3, 0.4) is 0 Å². The van der Waals surface area contributed by atoms with E-state index in [2.05, 4.69) is 47.5 Å². The van der Waals surface area contributed by atoms with E-state index in [-0.39, 0.29) is 12.4 Å². The molecule has 2 fully saturated rings. The minimum atomic E-state index is 0. The fraction of sp³-hybridized carbons (Fsp3) is 0.650. The highest BCUT2D eigenvalue weighted by Gasteiger charge is 2.27. The molecule has 2 saturated heterocycles. The Hall–Kier alpha value is -1.06. The van der Waals surface area contributed by atoms with Crippen LogP contribution in [0.2, 0.25) is 0 Å². The van der Waals surface area contributed by atoms with Crippen LogP contribution < -0.4 is 5.32 Å². The Morgan fingerprint density at radius 3 is 2.38 bits per heavy atom. The monoisotopic (exact) mass is 350 g/mol. The molecule has 0 bridgehead atoms. The lowest BCUT2D eigenvalue weighted by atomic mass is 9.83. The van der Waals surface area contributed by atoms with Crippen molar-refractivity contribution >= 4 is 18.3 Å². The van der Waals surface area contributed by atoms with Crippen LogP contribution in [0, 0.1) is 11.8 Å². The fourth-order valence-corrected chi connectivity index (χ4v) is 4.17. The molecule has 0 spiro atoms. The summed E-state index contributed by atoms with van der Waals surface area (Å²) in [5.41, 5.74) is 1.43. The highest BCUT2D eigenvalue weighted by atomic mass is 35.5. The molecule has 1 amide bonds. The van der Waals surface area contributed by atoms with E-state index in [1.807, 2.05) is 0 Å². The summed E-state index contributed by atoms with van der Waals surface area (Å²) in [5.74, 6) is 2.25. The van der Waals surface area contributed by atoms with E-state index >= 15 is 0 Å². The van der Waals surface area contributed by atoms with Crippen LogP contribution in [-0.2, 0) is 4.79 Å². The van der Waals surface area contributed by atoms with Crippen LogP contribution in [-0.4, -0.2) is 37.0 Å². The Bertz CT molecular complexity index is 494. The van der Waals surface area contributed by atoms with Crippen molar-refractivity contribution < 1.29 is 4.79 Å². The Kier molecular flexibility index (Phi) is 7.57. The number of hydrogen-bond acceptors (Lipinski definition) is 2. The molecule has 0 radical (unpaired) electrons. The lowest BCUT2D eigenvalue weighted by molar-refractivity contribution is -0.133. The van der Waals surface area contributed by atoms with E-state index in [0.717, 1.165) is 51.4 Å². The highest BCUT2D eigenvalue weighted by molar-refractivity contribution is 5.85. The smallest absolute Gasteiger partial charge is 0.222 e. The van der Waals surface area contributed by atoms with Gasteiger partial charge in [-0.3, -0.25) is 4.79 Å². The van der Waals surface area contributed by atoms with Gasteiger partial charge in [0.05, 0.1) is 0 Å². The summed E-state index contributed by atoms with van der Waals surface area (Å²) in [7, 11) is 0. The molecule has 24 heavy (non-hydrogen) atoms. The van der Waals surface area contributed by atoms with Crippen molar-refractivity contribution in [1.82, 2.24) is 10.2 Å². The summed E-state index contributed by atoms with van der Waals surface area (Å²) in [4.78, 5) is 14.7. The molecule has 0 aromatic heterocycles. The van der Waals surface area contributed by atoms with Gasteiger partial charge in [0.25, 0.3) is 0 Å². The molecule has 1 aromatic carbocycles. The number of carbonyl (C=O) groups excluding carboxylic acids is 1. The summed E-state index contributed by atoms with van der Waals surface area (Å²) in [6.45, 7) is 6.36. The number of likely N-dealkylation sites (tertiary alicyclic amines) is 1. The molecular formula is C20H31ClN2O. The van der Waals surface area contributed by atoms with Crippen molar-refractivity contribution in [2.24, 2.45) is 11.8 Å². The molecule has 2 heterocycles. The number of hydrogen-bond donors (Lipinski definition) is 1. The highest BCUT2D eigenvalue weighted by Crippen LogP contribution is 2.29. The van der Waals surface area contributed by atoms with Crippen molar-refractivity contribution in [2.45, 2.75) is 44.9 Å². The van der Waals surface area contributed by atoms with Gasteiger partial charge in [-0.15, -0.1) is 12.4 Å². The van der Waals surface area contributed by atoms with Crippen molar-refractivity contribution in [3.63, 3.8) is 0 Å². The third-order valence-electron chi connectivity index (χ3n) is 5.80. The number of halogens is 1. The first kappa shape index (κ1) is 19.3. The summed E-state index contributed by atoms with van der Waals surface area (Å²) in [6, 6.07) is 10.8. The Morgan fingerprint density at radius 2 is 1.75 bits per heavy atom. The van der Waals surface area contributed by atoms with Gasteiger partial charge in [-0.05, 0) is 62.1 Å². The topological polar surface area (TPSA) is 32.3 Å². The summed E-state index contributed by atoms with van der Waals surface area (Å²) >= 11 is 0. The van der Waals surface area contributed by atoms with Crippen LogP contribution in [0.4, 0.5) is 0 Å². The molecular weight excluding hydrogens is 320 g/mol. The number of benzene rings is 1. The van der Waals surface area contributed by atoms with Gasteiger partial charge in [-0.25, -0.2) is 0 Å². The Morgan fingerprint density at radius 1 is 1.12 bits per heavy atom. The molecule has 2 aliphatic heterocycles. The standard InChI is InChI=1S/C20H30N2O.ClH/c1-16(17-7-11-21-12-8-17)15-20(23)22-13-9-19(10-14-22)18-5-3-2-4-6-18;/h2-6,16-17,19,21H,7-15H2,1H3;1H. The van der Waals surface area contributed by atoms with Crippen molar-refractivity contribution in [3.8, 4) is 0 Å². The molecule has 1 unspecified atom stereocenters. The van der Waals surface area contributed by atoms with Gasteiger partial charge in [0.1, 0.15) is 0 Å². The van der Waals surface area contributed by atoms with Gasteiger partial charge >= 0.3 is 0 Å². The number of nitrogens with one attached hydrogen (secondary N) is 1. The molecule has 3 rings (SSSR count). The number of amides is 1. The zero-order valence-corrected chi connectivity index (χ0v) is 15.6. The molecule has 4 heteroatoms. The molecule has 0 aliphatic carbocycles. The number of rotatable bonds is 4. The van der Waals surface area contributed by atoms with Crippen LogP contribution in [0.25, 0.3) is 0 Å². The quantitative estimate of drug-likeness (QED) is 0.894. The summed E-state index contributed by atoms with van der Waals surface area (Å²) in [5, 5.41) is 3.41.